The number of aromatic nitrogens is 6. The molecule has 0 fully saturated rings. The average molecular weight is 996 g/mol. The van der Waals surface area contributed by atoms with Crippen LogP contribution < -0.4 is 35.6 Å². The zero-order chi connectivity index (χ0) is 50.3. The van der Waals surface area contributed by atoms with E-state index in [1.165, 1.54) is 50.4 Å². The van der Waals surface area contributed by atoms with Crippen molar-refractivity contribution in [1.82, 2.24) is 29.3 Å². The van der Waals surface area contributed by atoms with Gasteiger partial charge in [0.05, 0.1) is 55.4 Å². The van der Waals surface area contributed by atoms with Gasteiger partial charge in [0, 0.05) is 46.9 Å². The van der Waals surface area contributed by atoms with Crippen molar-refractivity contribution in [3.63, 3.8) is 0 Å². The van der Waals surface area contributed by atoms with Crippen LogP contribution in [-0.4, -0.2) is 56.3 Å². The Morgan fingerprint density at radius 3 is 1.89 bits per heavy atom. The highest BCUT2D eigenvalue weighted by Gasteiger charge is 2.24. The number of rotatable bonds is 16. The van der Waals surface area contributed by atoms with Crippen LogP contribution >= 0.6 is 11.6 Å². The van der Waals surface area contributed by atoms with Gasteiger partial charge in [-0.1, -0.05) is 72.3 Å². The highest BCUT2D eigenvalue weighted by molar-refractivity contribution is 6.30. The Balaban J connectivity index is 0.971. The summed E-state index contributed by atoms with van der Waals surface area (Å²) in [5.41, 5.74) is 7.26. The maximum atomic E-state index is 14.7. The lowest BCUT2D eigenvalue weighted by atomic mass is 9.92. The summed E-state index contributed by atoms with van der Waals surface area (Å²) in [7, 11) is 1.61. The van der Waals surface area contributed by atoms with E-state index in [0.29, 0.717) is 81.2 Å². The van der Waals surface area contributed by atoms with E-state index in [2.05, 4.69) is 11.2 Å². The molecule has 0 saturated heterocycles. The molecule has 0 radical (unpaired) electrons. The number of ether oxygens (including phenoxy) is 4. The molecule has 6 aromatic carbocycles. The summed E-state index contributed by atoms with van der Waals surface area (Å²) >= 11 is 6.17. The molecule has 0 aliphatic carbocycles. The topological polar surface area (TPSA) is 142 Å². The molecule has 3 aromatic heterocycles. The van der Waals surface area contributed by atoms with Gasteiger partial charge in [-0.15, -0.1) is 0 Å². The van der Waals surface area contributed by atoms with Crippen molar-refractivity contribution in [2.45, 2.75) is 38.4 Å². The van der Waals surface area contributed by atoms with Crippen LogP contribution in [0.2, 0.25) is 5.02 Å². The number of hydrogen-bond donors (Lipinski definition) is 0. The van der Waals surface area contributed by atoms with E-state index >= 15 is 0 Å². The second kappa shape index (κ2) is 21.8. The predicted octanol–water partition coefficient (Wildman–Crippen LogP) is 9.95. The van der Waals surface area contributed by atoms with Crippen LogP contribution in [0.15, 0.2) is 184 Å². The monoisotopic (exact) mass is 994 g/mol. The molecule has 4 heterocycles. The molecule has 13 nitrogen and oxygen atoms in total. The fourth-order valence-electron chi connectivity index (χ4n) is 8.62. The van der Waals surface area contributed by atoms with Crippen LogP contribution in [0.1, 0.15) is 22.6 Å². The summed E-state index contributed by atoms with van der Waals surface area (Å²) in [4.78, 5) is 40.8. The van der Waals surface area contributed by atoms with Gasteiger partial charge < -0.3 is 18.9 Å². The molecule has 73 heavy (non-hydrogen) atoms. The molecule has 10 rings (SSSR count). The van der Waals surface area contributed by atoms with Crippen molar-refractivity contribution < 1.29 is 23.3 Å². The van der Waals surface area contributed by atoms with E-state index in [1.54, 1.807) is 31.4 Å². The first kappa shape index (κ1) is 48.0. The Labute approximate surface area is 424 Å². The fraction of sp³-hybridized carbons (Fsp3) is 0.172. The van der Waals surface area contributed by atoms with Crippen molar-refractivity contribution in [3.05, 3.63) is 228 Å². The number of methoxy groups -OCH3 is 1. The Morgan fingerprint density at radius 1 is 0.562 bits per heavy atom. The Kier molecular flexibility index (Phi) is 14.3. The largest absolute Gasteiger partial charge is 0.497 e. The van der Waals surface area contributed by atoms with Crippen LogP contribution in [0, 0.1) is 5.82 Å². The third kappa shape index (κ3) is 11.5. The number of halogens is 2. The van der Waals surface area contributed by atoms with E-state index in [1.807, 2.05) is 103 Å². The molecular weight excluding hydrogens is 947 g/mol. The average Bonchev–Trinajstić information content (AvgIpc) is 3.64. The summed E-state index contributed by atoms with van der Waals surface area (Å²) in [5, 5.41) is 14.8. The predicted molar refractivity (Wildman–Crippen MR) is 278 cm³/mol. The van der Waals surface area contributed by atoms with Crippen molar-refractivity contribution >= 4 is 11.6 Å². The van der Waals surface area contributed by atoms with Gasteiger partial charge in [-0.2, -0.15) is 15.3 Å². The summed E-state index contributed by atoms with van der Waals surface area (Å²) < 4.78 is 41.9. The van der Waals surface area contributed by atoms with Gasteiger partial charge in [0.1, 0.15) is 23.9 Å². The highest BCUT2D eigenvalue weighted by Crippen LogP contribution is 2.37. The molecular formula is C58H48ClFN6O7. The number of hydrogen-bond acceptors (Lipinski definition) is 10. The van der Waals surface area contributed by atoms with Crippen molar-refractivity contribution in [3.8, 4) is 67.9 Å². The number of fused-ring (bicyclic) bond motifs is 1. The highest BCUT2D eigenvalue weighted by atomic mass is 35.5. The van der Waals surface area contributed by atoms with Gasteiger partial charge in [-0.25, -0.2) is 18.4 Å². The molecule has 0 saturated carbocycles. The lowest BCUT2D eigenvalue weighted by Gasteiger charge is -2.18. The standard InChI is InChI=1S/C58H48ClFN6O7/c1-70-48-16-9-41(10-17-48)53-35-50(58(69)66(63-53)28-25-38-5-3-2-4-6-38)44-32-39(26-27-64-56(67)23-20-51(61-64)40-7-12-46(59)13-8-40)31-43(33-44)45-36-72-54-22-11-42(34-55(54)73-37-45)52-21-24-57(68)65(62-52)29-30-71-49-18-14-47(60)15-19-49/h2-24,31-35,45H,25-30,36-37H2,1H3. The second-order valence-electron chi connectivity index (χ2n) is 17.5. The number of benzene rings is 6. The molecule has 1 atom stereocenters. The molecule has 1 unspecified atom stereocenters. The van der Waals surface area contributed by atoms with E-state index in [-0.39, 0.29) is 61.3 Å². The lowest BCUT2D eigenvalue weighted by Crippen LogP contribution is -2.26. The SMILES string of the molecule is COc1ccc(-c2cc(-c3cc(CCn4nc(-c5ccc(Cl)cc5)ccc4=O)cc(C4COc5ccc(-c6ccc(=O)n(CCOc7ccc(F)cc7)n6)cc5OC4)c3)c(=O)n(CCc3ccccc3)n2)cc1. The first-order chi connectivity index (χ1) is 35.6. The molecule has 0 N–H and O–H groups in total. The van der Waals surface area contributed by atoms with Crippen LogP contribution in [0.5, 0.6) is 23.0 Å². The van der Waals surface area contributed by atoms with Gasteiger partial charge >= 0.3 is 0 Å². The summed E-state index contributed by atoms with van der Waals surface area (Å²) in [5.74, 6) is 1.55. The third-order valence-electron chi connectivity index (χ3n) is 12.6. The van der Waals surface area contributed by atoms with E-state index < -0.39 is 0 Å². The van der Waals surface area contributed by atoms with Gasteiger partial charge in [-0.05, 0) is 132 Å². The fourth-order valence-corrected chi connectivity index (χ4v) is 8.75. The molecule has 9 aromatic rings. The zero-order valence-electron chi connectivity index (χ0n) is 39.7. The van der Waals surface area contributed by atoms with Crippen LogP contribution in [0.25, 0.3) is 44.9 Å². The molecule has 15 heteroatoms. The maximum absolute atomic E-state index is 14.7. The number of aryl methyl sites for hydroxylation is 4. The van der Waals surface area contributed by atoms with E-state index in [0.717, 1.165) is 27.8 Å². The van der Waals surface area contributed by atoms with E-state index in [9.17, 15) is 18.8 Å². The molecule has 0 bridgehead atoms. The third-order valence-corrected chi connectivity index (χ3v) is 12.9. The summed E-state index contributed by atoms with van der Waals surface area (Å²) in [6.45, 7) is 1.40. The van der Waals surface area contributed by atoms with Crippen LogP contribution in [0.3, 0.4) is 0 Å². The Bertz CT molecular complexity index is 3590. The molecule has 0 spiro atoms. The van der Waals surface area contributed by atoms with Crippen LogP contribution in [0.4, 0.5) is 4.39 Å². The first-order valence-corrected chi connectivity index (χ1v) is 24.2. The van der Waals surface area contributed by atoms with Crippen molar-refractivity contribution in [2.24, 2.45) is 0 Å². The smallest absolute Gasteiger partial charge is 0.274 e. The maximum Gasteiger partial charge on any atom is 0.274 e. The molecule has 366 valence electrons. The minimum absolute atomic E-state index is 0.149. The first-order valence-electron chi connectivity index (χ1n) is 23.8. The normalized spacial score (nSPS) is 13.1. The quantitative estimate of drug-likeness (QED) is 0.0919. The lowest BCUT2D eigenvalue weighted by molar-refractivity contribution is 0.263. The Morgan fingerprint density at radius 2 is 1.16 bits per heavy atom. The summed E-state index contributed by atoms with van der Waals surface area (Å²) in [6, 6.07) is 50.3. The van der Waals surface area contributed by atoms with Gasteiger partial charge in [-0.3, -0.25) is 14.4 Å². The van der Waals surface area contributed by atoms with Gasteiger partial charge in [0.2, 0.25) is 0 Å². The van der Waals surface area contributed by atoms with Gasteiger partial charge in [0.25, 0.3) is 16.7 Å². The van der Waals surface area contributed by atoms with Crippen molar-refractivity contribution in [1.29, 1.82) is 0 Å². The molecule has 0 amide bonds. The van der Waals surface area contributed by atoms with Crippen LogP contribution in [-0.2, 0) is 32.5 Å². The number of nitrogens with zero attached hydrogens (tertiary/aromatic N) is 6. The van der Waals surface area contributed by atoms with Crippen molar-refractivity contribution in [2.75, 3.05) is 26.9 Å². The van der Waals surface area contributed by atoms with Gasteiger partial charge in [0.15, 0.2) is 11.5 Å². The van der Waals surface area contributed by atoms with E-state index in [4.69, 9.17) is 40.7 Å². The summed E-state index contributed by atoms with van der Waals surface area (Å²) in [6.07, 6.45) is 0.996. The minimum atomic E-state index is -0.368. The zero-order valence-corrected chi connectivity index (χ0v) is 40.5. The minimum Gasteiger partial charge on any atom is -0.497 e. The molecule has 1 aliphatic rings. The molecule has 1 aliphatic heterocycles. The second-order valence-corrected chi connectivity index (χ2v) is 17.9. The Hall–Kier alpha value is -8.62.